The number of halogens is 1. The van der Waals surface area contributed by atoms with Gasteiger partial charge in [0.25, 0.3) is 0 Å². The van der Waals surface area contributed by atoms with Crippen molar-refractivity contribution in [3.05, 3.63) is 53.8 Å². The Kier molecular flexibility index (Phi) is 3.48. The van der Waals surface area contributed by atoms with E-state index >= 15 is 0 Å². The van der Waals surface area contributed by atoms with Crippen molar-refractivity contribution in [1.82, 2.24) is 15.3 Å². The Morgan fingerprint density at radius 2 is 2.10 bits per heavy atom. The molecule has 0 amide bonds. The van der Waals surface area contributed by atoms with Crippen LogP contribution in [0.5, 0.6) is 0 Å². The lowest BCUT2D eigenvalue weighted by Gasteiger charge is -1.99. The predicted octanol–water partition coefficient (Wildman–Crippen LogP) is 3.13. The highest BCUT2D eigenvalue weighted by molar-refractivity contribution is 5.80. The molecular formula is C16H16FN3. The van der Waals surface area contributed by atoms with Crippen molar-refractivity contribution in [3.63, 3.8) is 0 Å². The number of hydrogen-bond donors (Lipinski definition) is 2. The highest BCUT2D eigenvalue weighted by atomic mass is 19.1. The van der Waals surface area contributed by atoms with Crippen molar-refractivity contribution in [3.8, 4) is 11.4 Å². The van der Waals surface area contributed by atoms with Crippen LogP contribution < -0.4 is 5.32 Å². The molecule has 0 aliphatic heterocycles. The fraction of sp³-hybridized carbons (Fsp3) is 0.188. The van der Waals surface area contributed by atoms with E-state index in [-0.39, 0.29) is 5.82 Å². The minimum atomic E-state index is -0.252. The predicted molar refractivity (Wildman–Crippen MR) is 79.1 cm³/mol. The zero-order valence-corrected chi connectivity index (χ0v) is 11.3. The van der Waals surface area contributed by atoms with E-state index in [2.05, 4.69) is 27.4 Å². The molecule has 0 saturated heterocycles. The molecular weight excluding hydrogens is 253 g/mol. The Hall–Kier alpha value is -2.20. The summed E-state index contributed by atoms with van der Waals surface area (Å²) < 4.78 is 13.3. The molecule has 0 saturated carbocycles. The topological polar surface area (TPSA) is 40.7 Å². The summed E-state index contributed by atoms with van der Waals surface area (Å²) in [7, 11) is 1.94. The normalized spacial score (nSPS) is 11.1. The summed E-state index contributed by atoms with van der Waals surface area (Å²) in [4.78, 5) is 7.77. The number of benzene rings is 2. The molecule has 0 aliphatic rings. The van der Waals surface area contributed by atoms with Crippen molar-refractivity contribution in [2.24, 2.45) is 0 Å². The molecule has 0 atom stereocenters. The van der Waals surface area contributed by atoms with Gasteiger partial charge in [-0.2, -0.15) is 0 Å². The standard InChI is InChI=1S/C16H16FN3/c1-18-8-7-11-5-6-14-15(9-11)20-16(19-14)12-3-2-4-13(17)10-12/h2-6,9-10,18H,7-8H2,1H3,(H,19,20). The SMILES string of the molecule is CNCCc1ccc2nc(-c3cccc(F)c3)[nH]c2c1. The number of likely N-dealkylation sites (N-methyl/N-ethyl adjacent to an activating group) is 1. The number of fused-ring (bicyclic) bond motifs is 1. The fourth-order valence-electron chi connectivity index (χ4n) is 2.25. The number of aromatic amines is 1. The molecule has 1 aromatic heterocycles. The lowest BCUT2D eigenvalue weighted by atomic mass is 10.1. The molecule has 0 aliphatic carbocycles. The van der Waals surface area contributed by atoms with Gasteiger partial charge in [-0.25, -0.2) is 9.37 Å². The van der Waals surface area contributed by atoms with Gasteiger partial charge in [-0.15, -0.1) is 0 Å². The van der Waals surface area contributed by atoms with Gasteiger partial charge in [0.05, 0.1) is 11.0 Å². The van der Waals surface area contributed by atoms with Gasteiger partial charge in [0, 0.05) is 5.56 Å². The Labute approximate surface area is 116 Å². The first-order valence-electron chi connectivity index (χ1n) is 6.65. The molecule has 0 fully saturated rings. The van der Waals surface area contributed by atoms with Gasteiger partial charge in [0.2, 0.25) is 0 Å². The Morgan fingerprint density at radius 1 is 1.20 bits per heavy atom. The van der Waals surface area contributed by atoms with Crippen molar-refractivity contribution in [2.75, 3.05) is 13.6 Å². The van der Waals surface area contributed by atoms with Gasteiger partial charge in [0.1, 0.15) is 11.6 Å². The van der Waals surface area contributed by atoms with E-state index in [4.69, 9.17) is 0 Å². The largest absolute Gasteiger partial charge is 0.338 e. The third-order valence-electron chi connectivity index (χ3n) is 3.31. The molecule has 0 bridgehead atoms. The number of nitrogens with zero attached hydrogens (tertiary/aromatic N) is 1. The summed E-state index contributed by atoms with van der Waals surface area (Å²) in [5.41, 5.74) is 3.90. The summed E-state index contributed by atoms with van der Waals surface area (Å²) >= 11 is 0. The average Bonchev–Trinajstić information content (AvgIpc) is 2.88. The molecule has 102 valence electrons. The van der Waals surface area contributed by atoms with E-state index in [0.717, 1.165) is 29.6 Å². The lowest BCUT2D eigenvalue weighted by Crippen LogP contribution is -2.10. The first-order valence-corrected chi connectivity index (χ1v) is 6.65. The second kappa shape index (κ2) is 5.43. The van der Waals surface area contributed by atoms with Gasteiger partial charge < -0.3 is 10.3 Å². The van der Waals surface area contributed by atoms with Crippen LogP contribution in [-0.2, 0) is 6.42 Å². The molecule has 3 nitrogen and oxygen atoms in total. The van der Waals surface area contributed by atoms with Gasteiger partial charge in [-0.05, 0) is 49.8 Å². The number of nitrogens with one attached hydrogen (secondary N) is 2. The van der Waals surface area contributed by atoms with Crippen LogP contribution in [-0.4, -0.2) is 23.6 Å². The van der Waals surface area contributed by atoms with E-state index in [0.29, 0.717) is 5.82 Å². The van der Waals surface area contributed by atoms with Crippen molar-refractivity contribution >= 4 is 11.0 Å². The first kappa shape index (κ1) is 12.8. The molecule has 0 radical (unpaired) electrons. The quantitative estimate of drug-likeness (QED) is 0.764. The van der Waals surface area contributed by atoms with Gasteiger partial charge in [0.15, 0.2) is 0 Å². The molecule has 3 aromatic rings. The number of H-pyrrole nitrogens is 1. The molecule has 0 spiro atoms. The monoisotopic (exact) mass is 269 g/mol. The summed E-state index contributed by atoms with van der Waals surface area (Å²) in [6, 6.07) is 12.6. The van der Waals surface area contributed by atoms with Gasteiger partial charge in [-0.1, -0.05) is 18.2 Å². The van der Waals surface area contributed by atoms with Gasteiger partial charge in [-0.3, -0.25) is 0 Å². The van der Waals surface area contributed by atoms with Crippen LogP contribution in [0.15, 0.2) is 42.5 Å². The smallest absolute Gasteiger partial charge is 0.138 e. The Bertz CT molecular complexity index is 733. The molecule has 20 heavy (non-hydrogen) atoms. The van der Waals surface area contributed by atoms with E-state index < -0.39 is 0 Å². The minimum Gasteiger partial charge on any atom is -0.338 e. The lowest BCUT2D eigenvalue weighted by molar-refractivity contribution is 0.628. The molecule has 4 heteroatoms. The van der Waals surface area contributed by atoms with Gasteiger partial charge >= 0.3 is 0 Å². The summed E-state index contributed by atoms with van der Waals surface area (Å²) in [6.07, 6.45) is 0.973. The third kappa shape index (κ3) is 2.56. The maximum Gasteiger partial charge on any atom is 0.138 e. The van der Waals surface area contributed by atoms with Crippen LogP contribution >= 0.6 is 0 Å². The molecule has 3 rings (SSSR count). The average molecular weight is 269 g/mol. The second-order valence-electron chi connectivity index (χ2n) is 4.80. The highest BCUT2D eigenvalue weighted by Crippen LogP contribution is 2.22. The highest BCUT2D eigenvalue weighted by Gasteiger charge is 2.06. The van der Waals surface area contributed by atoms with Crippen LogP contribution in [0.1, 0.15) is 5.56 Å². The van der Waals surface area contributed by atoms with E-state index in [1.165, 1.54) is 17.7 Å². The van der Waals surface area contributed by atoms with E-state index in [1.807, 2.05) is 19.2 Å². The maximum absolute atomic E-state index is 13.3. The molecule has 2 aromatic carbocycles. The van der Waals surface area contributed by atoms with Crippen LogP contribution in [0, 0.1) is 5.82 Å². The number of hydrogen-bond acceptors (Lipinski definition) is 2. The molecule has 0 unspecified atom stereocenters. The van der Waals surface area contributed by atoms with Crippen LogP contribution in [0.25, 0.3) is 22.4 Å². The van der Waals surface area contributed by atoms with Crippen LogP contribution in [0.4, 0.5) is 4.39 Å². The maximum atomic E-state index is 13.3. The Morgan fingerprint density at radius 3 is 2.90 bits per heavy atom. The van der Waals surface area contributed by atoms with Crippen LogP contribution in [0.3, 0.4) is 0 Å². The number of aromatic nitrogens is 2. The van der Waals surface area contributed by atoms with Crippen LogP contribution in [0.2, 0.25) is 0 Å². The second-order valence-corrected chi connectivity index (χ2v) is 4.80. The molecule has 2 N–H and O–H groups in total. The minimum absolute atomic E-state index is 0.252. The van der Waals surface area contributed by atoms with Crippen molar-refractivity contribution in [2.45, 2.75) is 6.42 Å². The summed E-state index contributed by atoms with van der Waals surface area (Å²) in [5.74, 6) is 0.447. The fourth-order valence-corrected chi connectivity index (χ4v) is 2.25. The zero-order valence-electron chi connectivity index (χ0n) is 11.3. The van der Waals surface area contributed by atoms with Crippen molar-refractivity contribution < 1.29 is 4.39 Å². The first-order chi connectivity index (χ1) is 9.76. The third-order valence-corrected chi connectivity index (χ3v) is 3.31. The van der Waals surface area contributed by atoms with E-state index in [1.54, 1.807) is 6.07 Å². The number of rotatable bonds is 4. The zero-order chi connectivity index (χ0) is 13.9. The van der Waals surface area contributed by atoms with E-state index in [9.17, 15) is 4.39 Å². The number of imidazole rings is 1. The summed E-state index contributed by atoms with van der Waals surface area (Å²) in [6.45, 7) is 0.941. The molecule has 1 heterocycles. The summed E-state index contributed by atoms with van der Waals surface area (Å²) in [5, 5.41) is 3.13. The Balaban J connectivity index is 1.98. The van der Waals surface area contributed by atoms with Crippen molar-refractivity contribution in [1.29, 1.82) is 0 Å².